The van der Waals surface area contributed by atoms with E-state index in [1.165, 1.54) is 5.56 Å². The summed E-state index contributed by atoms with van der Waals surface area (Å²) in [6.45, 7) is 5.10. The molecule has 0 saturated heterocycles. The van der Waals surface area contributed by atoms with Crippen LogP contribution in [0.5, 0.6) is 5.75 Å². The molecule has 0 aliphatic heterocycles. The molecule has 4 nitrogen and oxygen atoms in total. The van der Waals surface area contributed by atoms with E-state index in [0.29, 0.717) is 0 Å². The quantitative estimate of drug-likeness (QED) is 0.846. The van der Waals surface area contributed by atoms with Crippen molar-refractivity contribution >= 4 is 5.82 Å². The zero-order valence-corrected chi connectivity index (χ0v) is 13.0. The van der Waals surface area contributed by atoms with E-state index in [2.05, 4.69) is 41.3 Å². The van der Waals surface area contributed by atoms with Crippen molar-refractivity contribution < 1.29 is 4.74 Å². The smallest absolute Gasteiger partial charge is 0.135 e. The van der Waals surface area contributed by atoms with E-state index < -0.39 is 0 Å². The number of hydrogen-bond acceptors (Lipinski definition) is 4. The predicted molar refractivity (Wildman–Crippen MR) is 86.0 cm³/mol. The van der Waals surface area contributed by atoms with E-state index in [0.717, 1.165) is 48.9 Å². The number of rotatable bonds is 7. The van der Waals surface area contributed by atoms with Crippen LogP contribution in [0.2, 0.25) is 0 Å². The van der Waals surface area contributed by atoms with Crippen molar-refractivity contribution in [3.05, 3.63) is 47.4 Å². The molecule has 2 rings (SSSR count). The normalized spacial score (nSPS) is 10.4. The topological polar surface area (TPSA) is 47.0 Å². The van der Waals surface area contributed by atoms with Crippen molar-refractivity contribution in [2.45, 2.75) is 33.1 Å². The monoisotopic (exact) mass is 285 g/mol. The van der Waals surface area contributed by atoms with Crippen LogP contribution in [0.25, 0.3) is 0 Å². The lowest BCUT2D eigenvalue weighted by Crippen LogP contribution is -2.06. The van der Waals surface area contributed by atoms with Crippen molar-refractivity contribution in [2.75, 3.05) is 19.0 Å². The average molecular weight is 285 g/mol. The lowest BCUT2D eigenvalue weighted by molar-refractivity contribution is 0.414. The van der Waals surface area contributed by atoms with Gasteiger partial charge in [0.2, 0.25) is 0 Å². The maximum absolute atomic E-state index is 5.18. The summed E-state index contributed by atoms with van der Waals surface area (Å²) in [5, 5.41) is 3.28. The van der Waals surface area contributed by atoms with Crippen molar-refractivity contribution in [3.8, 4) is 5.75 Å². The summed E-state index contributed by atoms with van der Waals surface area (Å²) in [5.41, 5.74) is 2.29. The van der Waals surface area contributed by atoms with Gasteiger partial charge in [-0.15, -0.1) is 0 Å². The first-order valence-corrected chi connectivity index (χ1v) is 7.48. The Kier molecular flexibility index (Phi) is 5.55. The van der Waals surface area contributed by atoms with Crippen LogP contribution in [0.1, 0.15) is 37.4 Å². The van der Waals surface area contributed by atoms with E-state index in [1.807, 2.05) is 18.2 Å². The number of nitrogens with zero attached hydrogens (tertiary/aromatic N) is 2. The average Bonchev–Trinajstić information content (AvgIpc) is 2.48. The van der Waals surface area contributed by atoms with Gasteiger partial charge in [0, 0.05) is 24.7 Å². The second-order valence-electron chi connectivity index (χ2n) is 4.97. The molecule has 1 aromatic heterocycles. The molecule has 0 aliphatic rings. The Morgan fingerprint density at radius 1 is 1.10 bits per heavy atom. The van der Waals surface area contributed by atoms with Gasteiger partial charge in [-0.05, 0) is 31.0 Å². The SMILES string of the molecule is CCCc1cc(NCC)nc(Cc2ccc(OC)cc2)n1. The van der Waals surface area contributed by atoms with Gasteiger partial charge in [0.05, 0.1) is 7.11 Å². The van der Waals surface area contributed by atoms with Gasteiger partial charge in [-0.3, -0.25) is 0 Å². The van der Waals surface area contributed by atoms with E-state index in [9.17, 15) is 0 Å². The Morgan fingerprint density at radius 2 is 1.86 bits per heavy atom. The molecule has 0 saturated carbocycles. The molecule has 112 valence electrons. The van der Waals surface area contributed by atoms with E-state index in [-0.39, 0.29) is 0 Å². The second-order valence-corrected chi connectivity index (χ2v) is 4.97. The molecule has 0 spiro atoms. The lowest BCUT2D eigenvalue weighted by Gasteiger charge is -2.09. The highest BCUT2D eigenvalue weighted by Gasteiger charge is 2.05. The minimum atomic E-state index is 0.736. The summed E-state index contributed by atoms with van der Waals surface area (Å²) in [4.78, 5) is 9.25. The Balaban J connectivity index is 2.20. The third-order valence-corrected chi connectivity index (χ3v) is 3.21. The molecule has 1 heterocycles. The summed E-state index contributed by atoms with van der Waals surface area (Å²) in [6.07, 6.45) is 2.81. The second kappa shape index (κ2) is 7.62. The summed E-state index contributed by atoms with van der Waals surface area (Å²) >= 11 is 0. The van der Waals surface area contributed by atoms with Gasteiger partial charge < -0.3 is 10.1 Å². The van der Waals surface area contributed by atoms with Crippen LogP contribution in [-0.4, -0.2) is 23.6 Å². The fraction of sp³-hybridized carbons (Fsp3) is 0.412. The van der Waals surface area contributed by atoms with Gasteiger partial charge in [0.25, 0.3) is 0 Å². The van der Waals surface area contributed by atoms with E-state index >= 15 is 0 Å². The van der Waals surface area contributed by atoms with Gasteiger partial charge in [-0.1, -0.05) is 25.5 Å². The van der Waals surface area contributed by atoms with Gasteiger partial charge in [-0.25, -0.2) is 9.97 Å². The highest BCUT2D eigenvalue weighted by atomic mass is 16.5. The molecule has 0 atom stereocenters. The molecule has 0 radical (unpaired) electrons. The largest absolute Gasteiger partial charge is 0.497 e. The highest BCUT2D eigenvalue weighted by molar-refractivity contribution is 5.37. The molecule has 2 aromatic rings. The Morgan fingerprint density at radius 3 is 2.48 bits per heavy atom. The summed E-state index contributed by atoms with van der Waals surface area (Å²) in [5.74, 6) is 2.65. The van der Waals surface area contributed by atoms with Crippen molar-refractivity contribution in [1.82, 2.24) is 9.97 Å². The number of ether oxygens (including phenoxy) is 1. The number of aromatic nitrogens is 2. The fourth-order valence-corrected chi connectivity index (χ4v) is 2.21. The maximum Gasteiger partial charge on any atom is 0.135 e. The third-order valence-electron chi connectivity index (χ3n) is 3.21. The van der Waals surface area contributed by atoms with E-state index in [1.54, 1.807) is 7.11 Å². The Labute approximate surface area is 126 Å². The third kappa shape index (κ3) is 4.45. The first-order valence-electron chi connectivity index (χ1n) is 7.48. The molecular weight excluding hydrogens is 262 g/mol. The Bertz CT molecular complexity index is 542. The molecule has 0 unspecified atom stereocenters. The number of aryl methyl sites for hydroxylation is 1. The first kappa shape index (κ1) is 15.3. The molecule has 1 aromatic carbocycles. The molecule has 0 amide bonds. The first-order chi connectivity index (χ1) is 10.2. The van der Waals surface area contributed by atoms with Crippen LogP contribution >= 0.6 is 0 Å². The van der Waals surface area contributed by atoms with Crippen molar-refractivity contribution in [2.24, 2.45) is 0 Å². The molecule has 0 bridgehead atoms. The van der Waals surface area contributed by atoms with Gasteiger partial charge in [0.15, 0.2) is 0 Å². The maximum atomic E-state index is 5.18. The Hall–Kier alpha value is -2.10. The van der Waals surface area contributed by atoms with E-state index in [4.69, 9.17) is 4.74 Å². The molecular formula is C17H23N3O. The zero-order valence-electron chi connectivity index (χ0n) is 13.0. The molecule has 0 fully saturated rings. The molecule has 4 heteroatoms. The fourth-order valence-electron chi connectivity index (χ4n) is 2.21. The van der Waals surface area contributed by atoms with Gasteiger partial charge >= 0.3 is 0 Å². The van der Waals surface area contributed by atoms with Gasteiger partial charge in [-0.2, -0.15) is 0 Å². The summed E-state index contributed by atoms with van der Waals surface area (Å²) < 4.78 is 5.18. The minimum Gasteiger partial charge on any atom is -0.497 e. The van der Waals surface area contributed by atoms with Crippen molar-refractivity contribution in [1.29, 1.82) is 0 Å². The van der Waals surface area contributed by atoms with Crippen LogP contribution < -0.4 is 10.1 Å². The zero-order chi connectivity index (χ0) is 15.1. The number of hydrogen-bond donors (Lipinski definition) is 1. The van der Waals surface area contributed by atoms with Crippen LogP contribution in [0.4, 0.5) is 5.82 Å². The van der Waals surface area contributed by atoms with Crippen LogP contribution in [0, 0.1) is 0 Å². The lowest BCUT2D eigenvalue weighted by atomic mass is 10.1. The van der Waals surface area contributed by atoms with Crippen LogP contribution in [-0.2, 0) is 12.8 Å². The number of anilines is 1. The standard InChI is InChI=1S/C17H23N3O/c1-4-6-14-12-16(18-5-2)20-17(19-14)11-13-7-9-15(21-3)10-8-13/h7-10,12H,4-6,11H2,1-3H3,(H,18,19,20). The molecule has 1 N–H and O–H groups in total. The minimum absolute atomic E-state index is 0.736. The van der Waals surface area contributed by atoms with Crippen LogP contribution in [0.15, 0.2) is 30.3 Å². The van der Waals surface area contributed by atoms with Crippen LogP contribution in [0.3, 0.4) is 0 Å². The number of benzene rings is 1. The molecule has 0 aliphatic carbocycles. The summed E-state index contributed by atoms with van der Waals surface area (Å²) in [7, 11) is 1.68. The highest BCUT2D eigenvalue weighted by Crippen LogP contribution is 2.15. The summed E-state index contributed by atoms with van der Waals surface area (Å²) in [6, 6.07) is 10.1. The predicted octanol–water partition coefficient (Wildman–Crippen LogP) is 3.46. The molecule has 21 heavy (non-hydrogen) atoms. The van der Waals surface area contributed by atoms with Gasteiger partial charge in [0.1, 0.15) is 17.4 Å². The number of nitrogens with one attached hydrogen (secondary N) is 1. The number of methoxy groups -OCH3 is 1. The van der Waals surface area contributed by atoms with Crippen molar-refractivity contribution in [3.63, 3.8) is 0 Å².